The summed E-state index contributed by atoms with van der Waals surface area (Å²) >= 11 is 1.66. The molecule has 0 saturated carbocycles. The van der Waals surface area contributed by atoms with Gasteiger partial charge in [-0.25, -0.2) is 0 Å². The van der Waals surface area contributed by atoms with E-state index in [4.69, 9.17) is 4.74 Å². The van der Waals surface area contributed by atoms with Crippen LogP contribution in [-0.4, -0.2) is 18.6 Å². The van der Waals surface area contributed by atoms with Crippen molar-refractivity contribution in [3.63, 3.8) is 0 Å². The summed E-state index contributed by atoms with van der Waals surface area (Å²) in [6.45, 7) is 3.63. The first-order chi connectivity index (χ1) is 6.70. The summed E-state index contributed by atoms with van der Waals surface area (Å²) in [5.74, 6) is 1.67. The third kappa shape index (κ3) is 2.29. The minimum Gasteiger partial charge on any atom is -0.496 e. The summed E-state index contributed by atoms with van der Waals surface area (Å²) in [5, 5.41) is 0. The summed E-state index contributed by atoms with van der Waals surface area (Å²) in [5.41, 5.74) is 0.696. The minimum absolute atomic E-state index is 0.0541. The molecule has 0 atom stereocenters. The van der Waals surface area contributed by atoms with Crippen molar-refractivity contribution in [2.45, 2.75) is 18.7 Å². The molecule has 0 unspecified atom stereocenters. The Labute approximate surface area is 88.7 Å². The standard InChI is InChI=1S/C11H14O2S/c1-4-14-10-7-5-6-9(13-3)11(10)8(2)12/h5-7H,4H2,1-3H3. The number of hydrogen-bond donors (Lipinski definition) is 0. The highest BCUT2D eigenvalue weighted by molar-refractivity contribution is 7.99. The first-order valence-electron chi connectivity index (χ1n) is 4.51. The quantitative estimate of drug-likeness (QED) is 0.564. The molecular weight excluding hydrogens is 196 g/mol. The second-order valence-electron chi connectivity index (χ2n) is 2.82. The largest absolute Gasteiger partial charge is 0.496 e. The van der Waals surface area contributed by atoms with E-state index in [9.17, 15) is 4.79 Å². The predicted molar refractivity (Wildman–Crippen MR) is 59.4 cm³/mol. The van der Waals surface area contributed by atoms with E-state index in [1.165, 1.54) is 0 Å². The van der Waals surface area contributed by atoms with E-state index >= 15 is 0 Å². The highest BCUT2D eigenvalue weighted by Crippen LogP contribution is 2.30. The Morgan fingerprint density at radius 3 is 2.71 bits per heavy atom. The van der Waals surface area contributed by atoms with Crippen molar-refractivity contribution in [3.05, 3.63) is 23.8 Å². The van der Waals surface area contributed by atoms with Gasteiger partial charge in [0.1, 0.15) is 5.75 Å². The molecular formula is C11H14O2S. The van der Waals surface area contributed by atoms with Crippen molar-refractivity contribution in [3.8, 4) is 5.75 Å². The zero-order valence-corrected chi connectivity index (χ0v) is 9.48. The van der Waals surface area contributed by atoms with Gasteiger partial charge < -0.3 is 4.74 Å². The SMILES string of the molecule is CCSc1cccc(OC)c1C(C)=O. The van der Waals surface area contributed by atoms with Crippen LogP contribution < -0.4 is 4.74 Å². The maximum atomic E-state index is 11.4. The molecule has 0 bridgehead atoms. The van der Waals surface area contributed by atoms with Crippen LogP contribution in [0.15, 0.2) is 23.1 Å². The Balaban J connectivity index is 3.20. The fraction of sp³-hybridized carbons (Fsp3) is 0.364. The molecule has 0 amide bonds. The number of methoxy groups -OCH3 is 1. The molecule has 0 saturated heterocycles. The van der Waals surface area contributed by atoms with Crippen LogP contribution in [0.3, 0.4) is 0 Å². The predicted octanol–water partition coefficient (Wildman–Crippen LogP) is 3.01. The number of thioether (sulfide) groups is 1. The maximum Gasteiger partial charge on any atom is 0.164 e. The number of ether oxygens (including phenoxy) is 1. The van der Waals surface area contributed by atoms with Gasteiger partial charge in [0.2, 0.25) is 0 Å². The number of carbonyl (C=O) groups is 1. The van der Waals surface area contributed by atoms with Gasteiger partial charge in [-0.3, -0.25) is 4.79 Å². The fourth-order valence-electron chi connectivity index (χ4n) is 1.30. The molecule has 2 nitrogen and oxygen atoms in total. The molecule has 0 aliphatic rings. The van der Waals surface area contributed by atoms with E-state index in [-0.39, 0.29) is 5.78 Å². The molecule has 3 heteroatoms. The van der Waals surface area contributed by atoms with Crippen LogP contribution in [-0.2, 0) is 0 Å². The molecule has 0 N–H and O–H groups in total. The van der Waals surface area contributed by atoms with Gasteiger partial charge in [0.25, 0.3) is 0 Å². The lowest BCUT2D eigenvalue weighted by Crippen LogP contribution is -1.99. The minimum atomic E-state index is 0.0541. The molecule has 0 spiro atoms. The second-order valence-corrected chi connectivity index (χ2v) is 4.13. The number of Topliss-reactive ketones (excluding diaryl/α,β-unsaturated/α-hetero) is 1. The summed E-state index contributed by atoms with van der Waals surface area (Å²) < 4.78 is 5.16. The molecule has 76 valence electrons. The third-order valence-corrected chi connectivity index (χ3v) is 2.80. The number of rotatable bonds is 4. The maximum absolute atomic E-state index is 11.4. The van der Waals surface area contributed by atoms with Crippen LogP contribution in [0, 0.1) is 0 Å². The monoisotopic (exact) mass is 210 g/mol. The van der Waals surface area contributed by atoms with Crippen molar-refractivity contribution in [2.75, 3.05) is 12.9 Å². The zero-order chi connectivity index (χ0) is 10.6. The van der Waals surface area contributed by atoms with Gasteiger partial charge in [-0.1, -0.05) is 13.0 Å². The molecule has 0 aromatic heterocycles. The van der Waals surface area contributed by atoms with Gasteiger partial charge in [-0.05, 0) is 24.8 Å². The molecule has 1 aromatic carbocycles. The highest BCUT2D eigenvalue weighted by atomic mass is 32.2. The van der Waals surface area contributed by atoms with Gasteiger partial charge in [0.05, 0.1) is 12.7 Å². The van der Waals surface area contributed by atoms with Crippen molar-refractivity contribution in [1.82, 2.24) is 0 Å². The molecule has 0 radical (unpaired) electrons. The Bertz CT molecular complexity index is 334. The Morgan fingerprint density at radius 2 is 2.21 bits per heavy atom. The molecule has 1 aromatic rings. The van der Waals surface area contributed by atoms with E-state index in [0.29, 0.717) is 11.3 Å². The van der Waals surface area contributed by atoms with Crippen molar-refractivity contribution in [2.24, 2.45) is 0 Å². The summed E-state index contributed by atoms with van der Waals surface area (Å²) in [6.07, 6.45) is 0. The van der Waals surface area contributed by atoms with Gasteiger partial charge in [0, 0.05) is 4.90 Å². The van der Waals surface area contributed by atoms with Crippen LogP contribution in [0.1, 0.15) is 24.2 Å². The van der Waals surface area contributed by atoms with Gasteiger partial charge >= 0.3 is 0 Å². The lowest BCUT2D eigenvalue weighted by Gasteiger charge is -2.09. The number of benzene rings is 1. The van der Waals surface area contributed by atoms with Crippen LogP contribution in [0.4, 0.5) is 0 Å². The summed E-state index contributed by atoms with van der Waals surface area (Å²) in [4.78, 5) is 12.4. The zero-order valence-electron chi connectivity index (χ0n) is 8.66. The average Bonchev–Trinajstić information content (AvgIpc) is 2.17. The Kier molecular flexibility index (Phi) is 4.01. The topological polar surface area (TPSA) is 26.3 Å². The number of carbonyl (C=O) groups excluding carboxylic acids is 1. The van der Waals surface area contributed by atoms with Gasteiger partial charge in [-0.2, -0.15) is 0 Å². The Hall–Kier alpha value is -0.960. The van der Waals surface area contributed by atoms with Crippen LogP contribution in [0.25, 0.3) is 0 Å². The van der Waals surface area contributed by atoms with Crippen molar-refractivity contribution >= 4 is 17.5 Å². The number of ketones is 1. The molecule has 0 aliphatic carbocycles. The lowest BCUT2D eigenvalue weighted by atomic mass is 10.1. The Morgan fingerprint density at radius 1 is 1.50 bits per heavy atom. The van der Waals surface area contributed by atoms with Crippen molar-refractivity contribution < 1.29 is 9.53 Å². The first-order valence-corrected chi connectivity index (χ1v) is 5.50. The van der Waals surface area contributed by atoms with E-state index in [2.05, 4.69) is 6.92 Å². The van der Waals surface area contributed by atoms with Crippen LogP contribution in [0.2, 0.25) is 0 Å². The smallest absolute Gasteiger partial charge is 0.164 e. The van der Waals surface area contributed by atoms with Gasteiger partial charge in [-0.15, -0.1) is 11.8 Å². The summed E-state index contributed by atoms with van der Waals surface area (Å²) in [6, 6.07) is 5.67. The third-order valence-electron chi connectivity index (χ3n) is 1.86. The molecule has 0 aliphatic heterocycles. The van der Waals surface area contributed by atoms with E-state index < -0.39 is 0 Å². The van der Waals surface area contributed by atoms with E-state index in [1.54, 1.807) is 25.8 Å². The number of hydrogen-bond acceptors (Lipinski definition) is 3. The first kappa shape index (κ1) is 11.1. The molecule has 0 heterocycles. The van der Waals surface area contributed by atoms with Crippen LogP contribution >= 0.6 is 11.8 Å². The molecule has 1 rings (SSSR count). The molecule has 14 heavy (non-hydrogen) atoms. The summed E-state index contributed by atoms with van der Waals surface area (Å²) in [7, 11) is 1.59. The van der Waals surface area contributed by atoms with E-state index in [1.807, 2.05) is 18.2 Å². The van der Waals surface area contributed by atoms with Gasteiger partial charge in [0.15, 0.2) is 5.78 Å². The highest BCUT2D eigenvalue weighted by Gasteiger charge is 2.12. The lowest BCUT2D eigenvalue weighted by molar-refractivity contribution is 0.101. The van der Waals surface area contributed by atoms with Crippen LogP contribution in [0.5, 0.6) is 5.75 Å². The van der Waals surface area contributed by atoms with Crippen molar-refractivity contribution in [1.29, 1.82) is 0 Å². The molecule has 0 fully saturated rings. The normalized spacial score (nSPS) is 9.93. The van der Waals surface area contributed by atoms with E-state index in [0.717, 1.165) is 10.6 Å². The average molecular weight is 210 g/mol. The fourth-order valence-corrected chi connectivity index (χ4v) is 2.18. The second kappa shape index (κ2) is 5.05.